The summed E-state index contributed by atoms with van der Waals surface area (Å²) in [6, 6.07) is 4.37. The van der Waals surface area contributed by atoms with E-state index in [1.165, 1.54) is 55.4 Å². The Labute approximate surface area is 259 Å². The van der Waals surface area contributed by atoms with Crippen molar-refractivity contribution in [1.29, 1.82) is 0 Å². The summed E-state index contributed by atoms with van der Waals surface area (Å²) in [5.41, 5.74) is 0.656. The number of amides is 3. The van der Waals surface area contributed by atoms with Gasteiger partial charge in [-0.15, -0.1) is 0 Å². The number of aromatic nitrogens is 3. The van der Waals surface area contributed by atoms with Crippen LogP contribution in [-0.2, 0) is 31.3 Å². The number of nitrogens with one attached hydrogen (secondary N) is 3. The van der Waals surface area contributed by atoms with Gasteiger partial charge in [0.25, 0.3) is 17.7 Å². The molecule has 43 heavy (non-hydrogen) atoms. The number of carbonyl (C=O) groups is 3. The van der Waals surface area contributed by atoms with Gasteiger partial charge in [0.05, 0.1) is 55.1 Å². The molecule has 6 N–H and O–H groups in total. The molecular weight excluding hydrogens is 608 g/mol. The second-order valence-electron chi connectivity index (χ2n) is 7.92. The molecule has 233 valence electrons. The van der Waals surface area contributed by atoms with E-state index in [4.69, 9.17) is 14.2 Å². The summed E-state index contributed by atoms with van der Waals surface area (Å²) in [5, 5.41) is 35.6. The van der Waals surface area contributed by atoms with Gasteiger partial charge in [-0.2, -0.15) is 0 Å². The molecule has 3 rings (SSSR count). The van der Waals surface area contributed by atoms with Crippen molar-refractivity contribution >= 4 is 17.7 Å². The summed E-state index contributed by atoms with van der Waals surface area (Å²) in [4.78, 5) is 45.2. The number of pyridine rings is 3. The Morgan fingerprint density at radius 1 is 0.581 bits per heavy atom. The van der Waals surface area contributed by atoms with Crippen LogP contribution in [0.4, 0.5) is 0 Å². The predicted octanol–water partition coefficient (Wildman–Crippen LogP) is 0.488. The summed E-state index contributed by atoms with van der Waals surface area (Å²) in [6.45, 7) is 2.57. The first-order valence-electron chi connectivity index (χ1n) is 12.5. The van der Waals surface area contributed by atoms with Gasteiger partial charge in [-0.25, -0.2) is 0 Å². The van der Waals surface area contributed by atoms with E-state index < -0.39 is 0 Å². The summed E-state index contributed by atoms with van der Waals surface area (Å²) < 4.78 is 14.3. The molecule has 0 atom stereocenters. The summed E-state index contributed by atoms with van der Waals surface area (Å²) in [5.74, 6) is -1.36. The Morgan fingerprint density at radius 2 is 0.837 bits per heavy atom. The predicted molar refractivity (Wildman–Crippen MR) is 150 cm³/mol. The van der Waals surface area contributed by atoms with Crippen LogP contribution in [0.1, 0.15) is 31.1 Å². The van der Waals surface area contributed by atoms with E-state index in [1.54, 1.807) is 21.3 Å². The average molecular weight is 644 g/mol. The van der Waals surface area contributed by atoms with Crippen LogP contribution in [0.5, 0.6) is 17.2 Å². The van der Waals surface area contributed by atoms with Crippen LogP contribution in [-0.4, -0.2) is 109 Å². The molecule has 16 heteroatoms. The van der Waals surface area contributed by atoms with E-state index in [0.29, 0.717) is 39.5 Å². The number of methoxy groups -OCH3 is 3. The fourth-order valence-corrected chi connectivity index (χ4v) is 2.82. The van der Waals surface area contributed by atoms with E-state index in [1.807, 2.05) is 0 Å². The van der Waals surface area contributed by atoms with Crippen LogP contribution < -0.4 is 16.0 Å². The van der Waals surface area contributed by atoms with Crippen LogP contribution in [0, 0.1) is 0 Å². The molecule has 0 aliphatic rings. The van der Waals surface area contributed by atoms with Gasteiger partial charge in [-0.1, -0.05) is 0 Å². The minimum absolute atomic E-state index is 0. The maximum absolute atomic E-state index is 11.4. The SMILES string of the molecule is COCCNC(=O)c1ccncc1O.COCCNC(=O)c1ccncc1O.COCCNC(=O)c1ccncc1O.[Fe+3]. The number of aromatic hydroxyl groups is 3. The third-order valence-corrected chi connectivity index (χ3v) is 4.91. The molecule has 0 aliphatic carbocycles. The smallest absolute Gasteiger partial charge is 0.505 e. The van der Waals surface area contributed by atoms with Gasteiger partial charge in [-0.05, 0) is 18.2 Å². The van der Waals surface area contributed by atoms with Crippen molar-refractivity contribution < 1.29 is 61.0 Å². The van der Waals surface area contributed by atoms with Gasteiger partial charge in [-0.3, -0.25) is 29.3 Å². The van der Waals surface area contributed by atoms with Crippen molar-refractivity contribution in [2.45, 2.75) is 0 Å². The first-order chi connectivity index (χ1) is 20.3. The normalized spacial score (nSPS) is 9.56. The van der Waals surface area contributed by atoms with Crippen LogP contribution in [0.25, 0.3) is 0 Å². The van der Waals surface area contributed by atoms with E-state index in [0.717, 1.165) is 0 Å². The van der Waals surface area contributed by atoms with Gasteiger partial charge in [0, 0.05) is 59.6 Å². The molecule has 0 spiro atoms. The minimum Gasteiger partial charge on any atom is -0.505 e. The van der Waals surface area contributed by atoms with Crippen molar-refractivity contribution in [2.75, 3.05) is 60.8 Å². The van der Waals surface area contributed by atoms with Crippen molar-refractivity contribution in [1.82, 2.24) is 30.9 Å². The number of rotatable bonds is 12. The largest absolute Gasteiger partial charge is 3.00 e. The van der Waals surface area contributed by atoms with Crippen LogP contribution in [0.3, 0.4) is 0 Å². The molecule has 3 aromatic rings. The third-order valence-electron chi connectivity index (χ3n) is 4.91. The molecule has 0 fully saturated rings. The summed E-state index contributed by atoms with van der Waals surface area (Å²) in [6.07, 6.45) is 8.03. The molecule has 3 aromatic heterocycles. The molecule has 3 amide bonds. The second kappa shape index (κ2) is 23.2. The fourth-order valence-electron chi connectivity index (χ4n) is 2.82. The minimum atomic E-state index is -0.332. The van der Waals surface area contributed by atoms with Gasteiger partial charge < -0.3 is 45.5 Å². The zero-order valence-electron chi connectivity index (χ0n) is 23.9. The molecule has 0 saturated heterocycles. The molecule has 15 nitrogen and oxygen atoms in total. The quantitative estimate of drug-likeness (QED) is 0.117. The summed E-state index contributed by atoms with van der Waals surface area (Å²) >= 11 is 0. The van der Waals surface area contributed by atoms with E-state index in [-0.39, 0.29) is 68.7 Å². The molecular formula is C27H36FeN6O9+3. The number of ether oxygens (including phenoxy) is 3. The second-order valence-corrected chi connectivity index (χ2v) is 7.92. The van der Waals surface area contributed by atoms with Crippen molar-refractivity contribution in [3.63, 3.8) is 0 Å². The van der Waals surface area contributed by atoms with Crippen molar-refractivity contribution in [3.8, 4) is 17.2 Å². The Morgan fingerprint density at radius 3 is 1.05 bits per heavy atom. The zero-order chi connectivity index (χ0) is 31.2. The van der Waals surface area contributed by atoms with Gasteiger partial charge in [0.1, 0.15) is 17.2 Å². The van der Waals surface area contributed by atoms with Gasteiger partial charge in [0.2, 0.25) is 0 Å². The topological polar surface area (TPSA) is 214 Å². The van der Waals surface area contributed by atoms with E-state index in [9.17, 15) is 29.7 Å². The number of carbonyl (C=O) groups excluding carboxylic acids is 3. The Hall–Kier alpha value is -4.34. The maximum Gasteiger partial charge on any atom is 3.00 e. The van der Waals surface area contributed by atoms with Crippen LogP contribution in [0.15, 0.2) is 55.4 Å². The first-order valence-corrected chi connectivity index (χ1v) is 12.5. The number of nitrogens with zero attached hydrogens (tertiary/aromatic N) is 3. The van der Waals surface area contributed by atoms with E-state index >= 15 is 0 Å². The number of hydrogen-bond acceptors (Lipinski definition) is 12. The fraction of sp³-hybridized carbons (Fsp3) is 0.333. The standard InChI is InChI=1S/3C9H12N2O3.Fe/c3*1-14-5-4-11-9(13)7-2-3-10-6-8(7)12;/h3*2-3,6,12H,4-5H2,1H3,(H,11,13);/q;;;+3. The third kappa shape index (κ3) is 15.5. The monoisotopic (exact) mass is 644 g/mol. The van der Waals surface area contributed by atoms with Crippen LogP contribution >= 0.6 is 0 Å². The summed E-state index contributed by atoms with van der Waals surface area (Å²) in [7, 11) is 4.65. The Bertz CT molecular complexity index is 1100. The van der Waals surface area contributed by atoms with Gasteiger partial charge in [0.15, 0.2) is 0 Å². The maximum atomic E-state index is 11.4. The molecule has 0 unspecified atom stereocenters. The molecule has 0 saturated carbocycles. The van der Waals surface area contributed by atoms with E-state index in [2.05, 4.69) is 30.9 Å². The van der Waals surface area contributed by atoms with Crippen molar-refractivity contribution in [3.05, 3.63) is 72.1 Å². The first kappa shape index (κ1) is 38.7. The zero-order valence-corrected chi connectivity index (χ0v) is 25.0. The molecule has 0 aliphatic heterocycles. The molecule has 3 heterocycles. The van der Waals surface area contributed by atoms with Crippen molar-refractivity contribution in [2.24, 2.45) is 0 Å². The van der Waals surface area contributed by atoms with Crippen LogP contribution in [0.2, 0.25) is 0 Å². The Kier molecular flexibility index (Phi) is 20.9. The van der Waals surface area contributed by atoms with Gasteiger partial charge >= 0.3 is 17.1 Å². The molecule has 1 radical (unpaired) electrons. The average Bonchev–Trinajstić information content (AvgIpc) is 2.99. The molecule has 0 bridgehead atoms. The number of hydrogen-bond donors (Lipinski definition) is 6. The molecule has 0 aromatic carbocycles. The Balaban J connectivity index is 0.000000608.